The number of nitrogens with one attached hydrogen (secondary N) is 1. The minimum absolute atomic E-state index is 0.0196. The third-order valence-electron chi connectivity index (χ3n) is 5.46. The first-order chi connectivity index (χ1) is 14.4. The highest BCUT2D eigenvalue weighted by molar-refractivity contribution is 5.96. The molecule has 3 N–H and O–H groups in total. The highest BCUT2D eigenvalue weighted by Gasteiger charge is 2.26. The standard InChI is InChI=1S/C22H31N5O3/c1-16(2)10-13-26(18(28)15-25-11-6-7-12-25)19-20(23)27(22(30)24-21(19)29)14-17-8-4-3-5-9-17/h3-5,8-9,16H,6-7,10-15,23H2,1-2H3,(H,24,29,30). The van der Waals surface area contributed by atoms with Crippen molar-refractivity contribution in [1.29, 1.82) is 0 Å². The van der Waals surface area contributed by atoms with Crippen molar-refractivity contribution in [2.24, 2.45) is 5.92 Å². The van der Waals surface area contributed by atoms with E-state index in [1.165, 1.54) is 9.47 Å². The van der Waals surface area contributed by atoms with Gasteiger partial charge in [-0.15, -0.1) is 0 Å². The second-order valence-electron chi connectivity index (χ2n) is 8.28. The van der Waals surface area contributed by atoms with E-state index in [-0.39, 0.29) is 30.5 Å². The molecule has 8 nitrogen and oxygen atoms in total. The van der Waals surface area contributed by atoms with Crippen LogP contribution in [0.15, 0.2) is 39.9 Å². The summed E-state index contributed by atoms with van der Waals surface area (Å²) in [6.07, 6.45) is 2.87. The van der Waals surface area contributed by atoms with E-state index in [0.717, 1.165) is 37.9 Å². The fourth-order valence-corrected chi connectivity index (χ4v) is 3.73. The maximum absolute atomic E-state index is 13.2. The molecule has 1 aromatic heterocycles. The fourth-order valence-electron chi connectivity index (χ4n) is 3.73. The average Bonchev–Trinajstić information content (AvgIpc) is 3.21. The van der Waals surface area contributed by atoms with Crippen molar-refractivity contribution in [3.8, 4) is 0 Å². The van der Waals surface area contributed by atoms with Crippen LogP contribution in [-0.2, 0) is 11.3 Å². The Labute approximate surface area is 176 Å². The number of nitrogens with two attached hydrogens (primary N) is 1. The molecule has 1 aliphatic rings. The number of hydrogen-bond donors (Lipinski definition) is 2. The maximum Gasteiger partial charge on any atom is 0.330 e. The summed E-state index contributed by atoms with van der Waals surface area (Å²) in [4.78, 5) is 44.3. The monoisotopic (exact) mass is 413 g/mol. The van der Waals surface area contributed by atoms with Crippen LogP contribution in [0.4, 0.5) is 11.5 Å². The van der Waals surface area contributed by atoms with Gasteiger partial charge >= 0.3 is 5.69 Å². The summed E-state index contributed by atoms with van der Waals surface area (Å²) in [6.45, 7) is 6.72. The van der Waals surface area contributed by atoms with E-state index in [1.54, 1.807) is 0 Å². The van der Waals surface area contributed by atoms with Gasteiger partial charge < -0.3 is 10.6 Å². The summed E-state index contributed by atoms with van der Waals surface area (Å²) < 4.78 is 1.32. The summed E-state index contributed by atoms with van der Waals surface area (Å²) in [5.74, 6) is 0.202. The number of hydrogen-bond acceptors (Lipinski definition) is 5. The van der Waals surface area contributed by atoms with Crippen LogP contribution in [0.5, 0.6) is 0 Å². The number of aromatic amines is 1. The van der Waals surface area contributed by atoms with Gasteiger partial charge in [0.2, 0.25) is 5.91 Å². The lowest BCUT2D eigenvalue weighted by atomic mass is 10.1. The Bertz CT molecular complexity index is 975. The van der Waals surface area contributed by atoms with Gasteiger partial charge in [0.05, 0.1) is 13.1 Å². The van der Waals surface area contributed by atoms with Crippen LogP contribution >= 0.6 is 0 Å². The highest BCUT2D eigenvalue weighted by atomic mass is 16.2. The number of benzene rings is 1. The molecule has 1 saturated heterocycles. The number of aromatic nitrogens is 2. The molecule has 2 aromatic rings. The van der Waals surface area contributed by atoms with Crippen LogP contribution in [0.1, 0.15) is 38.7 Å². The lowest BCUT2D eigenvalue weighted by Gasteiger charge is -2.27. The summed E-state index contributed by atoms with van der Waals surface area (Å²) in [7, 11) is 0. The van der Waals surface area contributed by atoms with Gasteiger partial charge in [0, 0.05) is 6.54 Å². The molecule has 0 unspecified atom stereocenters. The molecule has 0 radical (unpaired) electrons. The Hall–Kier alpha value is -2.87. The molecule has 0 spiro atoms. The molecule has 162 valence electrons. The zero-order chi connectivity index (χ0) is 21.7. The third-order valence-corrected chi connectivity index (χ3v) is 5.46. The molecular formula is C22H31N5O3. The quantitative estimate of drug-likeness (QED) is 0.685. The van der Waals surface area contributed by atoms with Gasteiger partial charge in [0.25, 0.3) is 5.56 Å². The molecule has 0 atom stereocenters. The second kappa shape index (κ2) is 9.75. The molecule has 0 saturated carbocycles. The van der Waals surface area contributed by atoms with Crippen molar-refractivity contribution in [3.63, 3.8) is 0 Å². The Morgan fingerprint density at radius 3 is 2.47 bits per heavy atom. The van der Waals surface area contributed by atoms with Gasteiger partial charge in [-0.05, 0) is 43.8 Å². The molecule has 1 aromatic carbocycles. The van der Waals surface area contributed by atoms with Gasteiger partial charge in [-0.3, -0.25) is 24.0 Å². The average molecular weight is 414 g/mol. The van der Waals surface area contributed by atoms with Crippen molar-refractivity contribution >= 4 is 17.4 Å². The lowest BCUT2D eigenvalue weighted by Crippen LogP contribution is -2.45. The van der Waals surface area contributed by atoms with Crippen molar-refractivity contribution < 1.29 is 4.79 Å². The Morgan fingerprint density at radius 2 is 1.83 bits per heavy atom. The summed E-state index contributed by atoms with van der Waals surface area (Å²) in [6, 6.07) is 9.39. The minimum Gasteiger partial charge on any atom is -0.383 e. The summed E-state index contributed by atoms with van der Waals surface area (Å²) in [5, 5.41) is 0. The molecule has 30 heavy (non-hydrogen) atoms. The Kier molecular flexibility index (Phi) is 7.10. The molecule has 1 fully saturated rings. The van der Waals surface area contributed by atoms with Gasteiger partial charge in [-0.1, -0.05) is 44.2 Å². The first-order valence-electron chi connectivity index (χ1n) is 10.6. The van der Waals surface area contributed by atoms with E-state index in [1.807, 2.05) is 30.3 Å². The largest absolute Gasteiger partial charge is 0.383 e. The van der Waals surface area contributed by atoms with Gasteiger partial charge in [-0.25, -0.2) is 4.79 Å². The van der Waals surface area contributed by atoms with Crippen molar-refractivity contribution in [2.75, 3.05) is 36.8 Å². The van der Waals surface area contributed by atoms with Gasteiger partial charge in [-0.2, -0.15) is 0 Å². The lowest BCUT2D eigenvalue weighted by molar-refractivity contribution is -0.119. The number of likely N-dealkylation sites (tertiary alicyclic amines) is 1. The summed E-state index contributed by atoms with van der Waals surface area (Å²) >= 11 is 0. The number of carbonyl (C=O) groups excluding carboxylic acids is 1. The predicted octanol–water partition coefficient (Wildman–Crippen LogP) is 1.64. The topological polar surface area (TPSA) is 104 Å². The second-order valence-corrected chi connectivity index (χ2v) is 8.28. The van der Waals surface area contributed by atoms with Crippen LogP contribution in [0.25, 0.3) is 0 Å². The maximum atomic E-state index is 13.2. The molecule has 1 aliphatic heterocycles. The van der Waals surface area contributed by atoms with Crippen LogP contribution in [0, 0.1) is 5.92 Å². The fraction of sp³-hybridized carbons (Fsp3) is 0.500. The third kappa shape index (κ3) is 5.18. The van der Waals surface area contributed by atoms with E-state index < -0.39 is 11.2 Å². The van der Waals surface area contributed by atoms with Crippen molar-refractivity contribution in [1.82, 2.24) is 14.5 Å². The highest BCUT2D eigenvalue weighted by Crippen LogP contribution is 2.20. The number of amides is 1. The molecule has 3 rings (SSSR count). The zero-order valence-electron chi connectivity index (χ0n) is 17.8. The van der Waals surface area contributed by atoms with Crippen molar-refractivity contribution in [3.05, 3.63) is 56.7 Å². The number of rotatable bonds is 8. The first kappa shape index (κ1) is 21.8. The van der Waals surface area contributed by atoms with Crippen LogP contribution in [-0.4, -0.2) is 46.5 Å². The van der Waals surface area contributed by atoms with E-state index in [0.29, 0.717) is 12.5 Å². The smallest absolute Gasteiger partial charge is 0.330 e. The zero-order valence-corrected chi connectivity index (χ0v) is 17.8. The van der Waals surface area contributed by atoms with Crippen molar-refractivity contribution in [2.45, 2.75) is 39.7 Å². The van der Waals surface area contributed by atoms with Crippen LogP contribution < -0.4 is 21.9 Å². The van der Waals surface area contributed by atoms with Gasteiger partial charge in [0.1, 0.15) is 5.82 Å². The Morgan fingerprint density at radius 1 is 1.17 bits per heavy atom. The molecule has 8 heteroatoms. The molecule has 1 amide bonds. The van der Waals surface area contributed by atoms with Gasteiger partial charge in [0.15, 0.2) is 5.69 Å². The molecule has 0 bridgehead atoms. The SMILES string of the molecule is CC(C)CCN(C(=O)CN1CCCC1)c1c(N)n(Cc2ccccc2)c(=O)[nH]c1=O. The minimum atomic E-state index is -0.625. The van der Waals surface area contributed by atoms with E-state index in [9.17, 15) is 14.4 Å². The molecule has 0 aliphatic carbocycles. The number of nitrogen functional groups attached to an aromatic ring is 1. The predicted molar refractivity (Wildman–Crippen MR) is 119 cm³/mol. The number of nitrogens with zero attached hydrogens (tertiary/aromatic N) is 3. The van der Waals surface area contributed by atoms with E-state index in [2.05, 4.69) is 23.7 Å². The number of H-pyrrole nitrogens is 1. The first-order valence-corrected chi connectivity index (χ1v) is 10.6. The molecular weight excluding hydrogens is 382 g/mol. The van der Waals surface area contributed by atoms with Crippen LogP contribution in [0.3, 0.4) is 0 Å². The number of anilines is 2. The molecule has 2 heterocycles. The van der Waals surface area contributed by atoms with E-state index >= 15 is 0 Å². The number of carbonyl (C=O) groups is 1. The normalized spacial score (nSPS) is 14.4. The van der Waals surface area contributed by atoms with E-state index in [4.69, 9.17) is 5.73 Å². The Balaban J connectivity index is 1.98. The summed E-state index contributed by atoms with van der Waals surface area (Å²) in [5.41, 5.74) is 6.06. The van der Waals surface area contributed by atoms with Crippen LogP contribution in [0.2, 0.25) is 0 Å².